The first-order valence-electron chi connectivity index (χ1n) is 10.2. The van der Waals surface area contributed by atoms with E-state index >= 15 is 0 Å². The number of nitrogens with one attached hydrogen (secondary N) is 1. The first kappa shape index (κ1) is 20.3. The van der Waals surface area contributed by atoms with E-state index in [1.807, 2.05) is 18.2 Å². The lowest BCUT2D eigenvalue weighted by atomic mass is 9.98. The molecule has 0 spiro atoms. The van der Waals surface area contributed by atoms with Gasteiger partial charge < -0.3 is 14.7 Å². The van der Waals surface area contributed by atoms with E-state index < -0.39 is 0 Å². The molecule has 7 heteroatoms. The van der Waals surface area contributed by atoms with Crippen LogP contribution < -0.4 is 5.32 Å². The zero-order valence-corrected chi connectivity index (χ0v) is 17.1. The molecule has 7 nitrogen and oxygen atoms in total. The number of urea groups is 1. The van der Waals surface area contributed by atoms with Gasteiger partial charge in [0.1, 0.15) is 5.69 Å². The Morgan fingerprint density at radius 2 is 2.29 bits per heavy atom. The second-order valence-electron chi connectivity index (χ2n) is 7.78. The van der Waals surface area contributed by atoms with Crippen molar-refractivity contribution >= 4 is 6.03 Å². The van der Waals surface area contributed by atoms with Crippen LogP contribution in [-0.2, 0) is 6.54 Å². The van der Waals surface area contributed by atoms with E-state index in [4.69, 9.17) is 4.52 Å². The van der Waals surface area contributed by atoms with Crippen LogP contribution in [0.2, 0.25) is 0 Å². The molecule has 2 aromatic rings. The van der Waals surface area contributed by atoms with Crippen LogP contribution in [0.4, 0.5) is 4.79 Å². The van der Waals surface area contributed by atoms with Crippen LogP contribution in [0.1, 0.15) is 45.3 Å². The summed E-state index contributed by atoms with van der Waals surface area (Å²) in [6, 6.07) is 6.67. The van der Waals surface area contributed by atoms with Crippen molar-refractivity contribution in [2.24, 2.45) is 0 Å². The fourth-order valence-corrected chi connectivity index (χ4v) is 3.84. The molecule has 1 atom stereocenters. The highest BCUT2D eigenvalue weighted by molar-refractivity contribution is 5.73. The van der Waals surface area contributed by atoms with E-state index in [-0.39, 0.29) is 6.03 Å². The molecule has 1 aliphatic heterocycles. The molecule has 3 heterocycles. The lowest BCUT2D eigenvalue weighted by Crippen LogP contribution is -2.46. The molecule has 2 amide bonds. The van der Waals surface area contributed by atoms with Gasteiger partial charge in [-0.2, -0.15) is 0 Å². The van der Waals surface area contributed by atoms with Gasteiger partial charge in [0.15, 0.2) is 5.76 Å². The number of hydrogen-bond acceptors (Lipinski definition) is 5. The summed E-state index contributed by atoms with van der Waals surface area (Å²) < 4.78 is 5.37. The summed E-state index contributed by atoms with van der Waals surface area (Å²) in [5, 5.41) is 7.10. The Labute approximate surface area is 167 Å². The molecule has 1 aliphatic rings. The molecule has 0 saturated carbocycles. The summed E-state index contributed by atoms with van der Waals surface area (Å²) >= 11 is 0. The minimum absolute atomic E-state index is 0.0914. The fraction of sp³-hybridized carbons (Fsp3) is 0.571. The summed E-state index contributed by atoms with van der Waals surface area (Å²) in [7, 11) is 1.77. The van der Waals surface area contributed by atoms with E-state index in [2.05, 4.69) is 34.2 Å². The fourth-order valence-electron chi connectivity index (χ4n) is 3.84. The van der Waals surface area contributed by atoms with Crippen LogP contribution in [0.15, 0.2) is 35.1 Å². The van der Waals surface area contributed by atoms with Gasteiger partial charge in [0.2, 0.25) is 0 Å². The number of likely N-dealkylation sites (tertiary alicyclic amines) is 1. The third-order valence-corrected chi connectivity index (χ3v) is 5.35. The summed E-state index contributed by atoms with van der Waals surface area (Å²) in [4.78, 5) is 20.7. The number of piperidine rings is 1. The van der Waals surface area contributed by atoms with Gasteiger partial charge >= 0.3 is 6.03 Å². The SMILES string of the molecule is CC(C)N1CCCC[C@H]1CCNC(=O)N(C)Cc1cc(-c2cccnc2)no1. The van der Waals surface area contributed by atoms with Crippen molar-refractivity contribution in [3.63, 3.8) is 0 Å². The van der Waals surface area contributed by atoms with Gasteiger partial charge in [0.25, 0.3) is 0 Å². The Morgan fingerprint density at radius 3 is 3.04 bits per heavy atom. The highest BCUT2D eigenvalue weighted by atomic mass is 16.5. The summed E-state index contributed by atoms with van der Waals surface area (Å²) in [6.45, 7) is 6.74. The van der Waals surface area contributed by atoms with Gasteiger partial charge in [-0.05, 0) is 51.8 Å². The molecule has 1 N–H and O–H groups in total. The Kier molecular flexibility index (Phi) is 7.03. The largest absolute Gasteiger partial charge is 0.359 e. The number of nitrogens with zero attached hydrogens (tertiary/aromatic N) is 4. The van der Waals surface area contributed by atoms with E-state index in [1.165, 1.54) is 25.8 Å². The smallest absolute Gasteiger partial charge is 0.317 e. The topological polar surface area (TPSA) is 74.5 Å². The Balaban J connectivity index is 1.45. The number of carbonyl (C=O) groups excluding carboxylic acids is 1. The number of carbonyl (C=O) groups is 1. The molecule has 0 bridgehead atoms. The second-order valence-corrected chi connectivity index (χ2v) is 7.78. The van der Waals surface area contributed by atoms with Crippen LogP contribution >= 0.6 is 0 Å². The molecule has 28 heavy (non-hydrogen) atoms. The summed E-state index contributed by atoms with van der Waals surface area (Å²) in [6.07, 6.45) is 8.23. The van der Waals surface area contributed by atoms with Crippen molar-refractivity contribution in [2.45, 2.75) is 58.2 Å². The highest BCUT2D eigenvalue weighted by Gasteiger charge is 2.24. The van der Waals surface area contributed by atoms with Gasteiger partial charge in [0, 0.05) is 49.7 Å². The summed E-state index contributed by atoms with van der Waals surface area (Å²) in [5.74, 6) is 0.648. The standard InChI is InChI=1S/C21H31N5O2/c1-16(2)26-12-5-4-8-18(26)9-11-23-21(27)25(3)15-19-13-20(24-28-19)17-7-6-10-22-14-17/h6-7,10,13-14,16,18H,4-5,8-9,11-12,15H2,1-3H3,(H,23,27)/t18-/m0/s1. The van der Waals surface area contributed by atoms with Crippen LogP contribution in [0.3, 0.4) is 0 Å². The van der Waals surface area contributed by atoms with Crippen LogP contribution in [0.5, 0.6) is 0 Å². The normalized spacial score (nSPS) is 17.6. The molecule has 3 rings (SSSR count). The van der Waals surface area contributed by atoms with E-state index in [0.29, 0.717) is 30.9 Å². The monoisotopic (exact) mass is 385 g/mol. The lowest BCUT2D eigenvalue weighted by Gasteiger charge is -2.38. The van der Waals surface area contributed by atoms with Gasteiger partial charge in [-0.1, -0.05) is 11.6 Å². The molecule has 0 radical (unpaired) electrons. The quantitative estimate of drug-likeness (QED) is 0.789. The molecule has 1 saturated heterocycles. The second kappa shape index (κ2) is 9.68. The van der Waals surface area contributed by atoms with Crippen LogP contribution in [0.25, 0.3) is 11.3 Å². The minimum Gasteiger partial charge on any atom is -0.359 e. The number of hydrogen-bond donors (Lipinski definition) is 1. The molecule has 1 fully saturated rings. The van der Waals surface area contributed by atoms with Gasteiger partial charge in [-0.25, -0.2) is 4.79 Å². The molecule has 2 aromatic heterocycles. The predicted molar refractivity (Wildman–Crippen MR) is 109 cm³/mol. The van der Waals surface area contributed by atoms with Crippen molar-refractivity contribution in [1.82, 2.24) is 25.3 Å². The summed E-state index contributed by atoms with van der Waals surface area (Å²) in [5.41, 5.74) is 1.62. The average molecular weight is 386 g/mol. The maximum atomic E-state index is 12.4. The molecular weight excluding hydrogens is 354 g/mol. The number of aromatic nitrogens is 2. The Hall–Kier alpha value is -2.41. The molecule has 152 valence electrons. The molecule has 0 aliphatic carbocycles. The predicted octanol–water partition coefficient (Wildman–Crippen LogP) is 3.53. The van der Waals surface area contributed by atoms with Crippen molar-refractivity contribution in [3.05, 3.63) is 36.4 Å². The third-order valence-electron chi connectivity index (χ3n) is 5.35. The van der Waals surface area contributed by atoms with Crippen LogP contribution in [-0.4, -0.2) is 58.2 Å². The first-order valence-corrected chi connectivity index (χ1v) is 10.2. The molecule has 0 aromatic carbocycles. The minimum atomic E-state index is -0.0914. The molecular formula is C21H31N5O2. The van der Waals surface area contributed by atoms with E-state index in [9.17, 15) is 4.79 Å². The van der Waals surface area contributed by atoms with Gasteiger partial charge in [-0.3, -0.25) is 9.88 Å². The van der Waals surface area contributed by atoms with Crippen molar-refractivity contribution in [3.8, 4) is 11.3 Å². The molecule has 0 unspecified atom stereocenters. The number of pyridine rings is 1. The van der Waals surface area contributed by atoms with E-state index in [0.717, 1.165) is 17.7 Å². The van der Waals surface area contributed by atoms with Gasteiger partial charge in [-0.15, -0.1) is 0 Å². The zero-order chi connectivity index (χ0) is 19.9. The maximum Gasteiger partial charge on any atom is 0.317 e. The van der Waals surface area contributed by atoms with Crippen molar-refractivity contribution < 1.29 is 9.32 Å². The lowest BCUT2D eigenvalue weighted by molar-refractivity contribution is 0.105. The van der Waals surface area contributed by atoms with Crippen LogP contribution in [0, 0.1) is 0 Å². The van der Waals surface area contributed by atoms with Gasteiger partial charge in [0.05, 0.1) is 6.54 Å². The first-order chi connectivity index (χ1) is 13.5. The Morgan fingerprint density at radius 1 is 1.43 bits per heavy atom. The number of rotatable bonds is 7. The third kappa shape index (κ3) is 5.32. The van der Waals surface area contributed by atoms with Crippen molar-refractivity contribution in [1.29, 1.82) is 0 Å². The van der Waals surface area contributed by atoms with Crippen molar-refractivity contribution in [2.75, 3.05) is 20.1 Å². The Bertz CT molecular complexity index is 746. The average Bonchev–Trinajstić information content (AvgIpc) is 3.17. The maximum absolute atomic E-state index is 12.4. The van der Waals surface area contributed by atoms with E-state index in [1.54, 1.807) is 24.3 Å². The number of amides is 2. The highest BCUT2D eigenvalue weighted by Crippen LogP contribution is 2.22. The zero-order valence-electron chi connectivity index (χ0n) is 17.1.